The number of nitrogens with two attached hydrogens (primary N) is 1. The van der Waals surface area contributed by atoms with E-state index in [1.807, 2.05) is 6.92 Å². The highest BCUT2D eigenvalue weighted by molar-refractivity contribution is 7.89. The molecule has 7 nitrogen and oxygen atoms in total. The fourth-order valence-corrected chi connectivity index (χ4v) is 4.28. The molecule has 2 rings (SSSR count). The van der Waals surface area contributed by atoms with Gasteiger partial charge in [0.2, 0.25) is 10.0 Å². The summed E-state index contributed by atoms with van der Waals surface area (Å²) in [4.78, 5) is 10.1. The van der Waals surface area contributed by atoms with E-state index in [9.17, 15) is 18.5 Å². The summed E-state index contributed by atoms with van der Waals surface area (Å²) in [5, 5.41) is 11.0. The second-order valence-corrected chi connectivity index (χ2v) is 7.26. The lowest BCUT2D eigenvalue weighted by Gasteiger charge is -2.33. The lowest BCUT2D eigenvalue weighted by molar-refractivity contribution is -0.387. The number of piperidine rings is 1. The molecule has 21 heavy (non-hydrogen) atoms. The number of nitro benzene ring substituents is 1. The second-order valence-electron chi connectivity index (χ2n) is 5.35. The quantitative estimate of drug-likeness (QED) is 0.667. The molecule has 0 aromatic heterocycles. The van der Waals surface area contributed by atoms with Crippen LogP contribution in [0.1, 0.15) is 19.8 Å². The van der Waals surface area contributed by atoms with Crippen molar-refractivity contribution in [3.63, 3.8) is 0 Å². The van der Waals surface area contributed by atoms with Gasteiger partial charge in [-0.05, 0) is 31.7 Å². The molecule has 2 N–H and O–H groups in total. The molecule has 0 aliphatic carbocycles. The van der Waals surface area contributed by atoms with Gasteiger partial charge in [0, 0.05) is 25.2 Å². The van der Waals surface area contributed by atoms with Gasteiger partial charge in [0.1, 0.15) is 0 Å². The number of nitro groups is 1. The van der Waals surface area contributed by atoms with Gasteiger partial charge in [-0.15, -0.1) is 0 Å². The Morgan fingerprint density at radius 1 is 1.43 bits per heavy atom. The lowest BCUT2D eigenvalue weighted by Crippen LogP contribution is -2.45. The molecule has 1 aliphatic heterocycles. The minimum Gasteiger partial charge on any atom is -0.328 e. The van der Waals surface area contributed by atoms with Crippen molar-refractivity contribution in [3.8, 4) is 0 Å². The minimum atomic E-state index is -3.87. The van der Waals surface area contributed by atoms with Crippen molar-refractivity contribution in [1.29, 1.82) is 0 Å². The molecule has 1 aliphatic rings. The van der Waals surface area contributed by atoms with E-state index in [2.05, 4.69) is 0 Å². The molecule has 2 atom stereocenters. The lowest BCUT2D eigenvalue weighted by atomic mass is 9.93. The molecule has 0 amide bonds. The van der Waals surface area contributed by atoms with Gasteiger partial charge in [0.15, 0.2) is 4.90 Å². The molecule has 2 unspecified atom stereocenters. The van der Waals surface area contributed by atoms with Crippen LogP contribution in [-0.2, 0) is 10.0 Å². The van der Waals surface area contributed by atoms with Crippen LogP contribution in [0, 0.1) is 16.0 Å². The molecular weight excluding hydrogens is 294 g/mol. The maximum Gasteiger partial charge on any atom is 0.289 e. The molecule has 1 aromatic rings. The zero-order valence-electron chi connectivity index (χ0n) is 11.8. The SMILES string of the molecule is CC(N)C1CCCN(S(=O)(=O)c2ccccc2[N+](=O)[O-])C1. The van der Waals surface area contributed by atoms with Gasteiger partial charge in [0.25, 0.3) is 5.69 Å². The van der Waals surface area contributed by atoms with Gasteiger partial charge < -0.3 is 5.73 Å². The normalized spacial score (nSPS) is 21.9. The van der Waals surface area contributed by atoms with Crippen LogP contribution in [0.15, 0.2) is 29.2 Å². The fraction of sp³-hybridized carbons (Fsp3) is 0.538. The Labute approximate surface area is 123 Å². The number of nitrogens with zero attached hydrogens (tertiary/aromatic N) is 2. The predicted octanol–water partition coefficient (Wildman–Crippen LogP) is 1.34. The first kappa shape index (κ1) is 15.9. The summed E-state index contributed by atoms with van der Waals surface area (Å²) in [6, 6.07) is 5.34. The van der Waals surface area contributed by atoms with Gasteiger partial charge in [-0.2, -0.15) is 4.31 Å². The summed E-state index contributed by atoms with van der Waals surface area (Å²) in [7, 11) is -3.87. The van der Waals surface area contributed by atoms with Gasteiger partial charge in [0.05, 0.1) is 4.92 Å². The zero-order chi connectivity index (χ0) is 15.6. The third kappa shape index (κ3) is 3.22. The Morgan fingerprint density at radius 2 is 2.10 bits per heavy atom. The first-order chi connectivity index (χ1) is 9.84. The smallest absolute Gasteiger partial charge is 0.289 e. The Kier molecular flexibility index (Phi) is 4.60. The highest BCUT2D eigenvalue weighted by Gasteiger charge is 2.35. The highest BCUT2D eigenvalue weighted by atomic mass is 32.2. The minimum absolute atomic E-state index is 0.0799. The third-order valence-electron chi connectivity index (χ3n) is 3.84. The van der Waals surface area contributed by atoms with Gasteiger partial charge in [-0.25, -0.2) is 8.42 Å². The molecule has 0 radical (unpaired) electrons. The van der Waals surface area contributed by atoms with Crippen LogP contribution < -0.4 is 5.73 Å². The van der Waals surface area contributed by atoms with Crippen molar-refractivity contribution in [2.24, 2.45) is 11.7 Å². The Hall–Kier alpha value is -1.51. The Bertz CT molecular complexity index is 630. The molecule has 116 valence electrons. The maximum absolute atomic E-state index is 12.7. The maximum atomic E-state index is 12.7. The average molecular weight is 313 g/mol. The van der Waals surface area contributed by atoms with E-state index in [1.54, 1.807) is 0 Å². The molecule has 1 saturated heterocycles. The molecule has 1 fully saturated rings. The van der Waals surface area contributed by atoms with Crippen molar-refractivity contribution >= 4 is 15.7 Å². The molecule has 0 spiro atoms. The topological polar surface area (TPSA) is 107 Å². The number of benzene rings is 1. The number of hydrogen-bond donors (Lipinski definition) is 1. The van der Waals surface area contributed by atoms with Crippen molar-refractivity contribution in [2.75, 3.05) is 13.1 Å². The molecule has 8 heteroatoms. The van der Waals surface area contributed by atoms with Crippen LogP contribution in [0.5, 0.6) is 0 Å². The Morgan fingerprint density at radius 3 is 2.71 bits per heavy atom. The standard InChI is InChI=1S/C13H19N3O4S/c1-10(14)11-5-4-8-15(9-11)21(19,20)13-7-3-2-6-12(13)16(17)18/h2-3,6-7,10-11H,4-5,8-9,14H2,1H3. The van der Waals surface area contributed by atoms with E-state index in [0.29, 0.717) is 19.5 Å². The summed E-state index contributed by atoms with van der Waals surface area (Å²) in [6.07, 6.45) is 1.59. The molecule has 0 bridgehead atoms. The summed E-state index contributed by atoms with van der Waals surface area (Å²) >= 11 is 0. The van der Waals surface area contributed by atoms with E-state index < -0.39 is 14.9 Å². The van der Waals surface area contributed by atoms with E-state index in [4.69, 9.17) is 5.73 Å². The highest BCUT2D eigenvalue weighted by Crippen LogP contribution is 2.29. The van der Waals surface area contributed by atoms with Crippen LogP contribution in [-0.4, -0.2) is 36.8 Å². The molecule has 0 saturated carbocycles. The van der Waals surface area contributed by atoms with Gasteiger partial charge in [-0.1, -0.05) is 12.1 Å². The number of sulfonamides is 1. The largest absolute Gasteiger partial charge is 0.328 e. The second kappa shape index (κ2) is 6.08. The third-order valence-corrected chi connectivity index (χ3v) is 5.76. The molecule has 1 aromatic carbocycles. The zero-order valence-corrected chi connectivity index (χ0v) is 12.6. The fourth-order valence-electron chi connectivity index (χ4n) is 2.59. The van der Waals surface area contributed by atoms with Gasteiger partial charge >= 0.3 is 0 Å². The number of hydrogen-bond acceptors (Lipinski definition) is 5. The first-order valence-electron chi connectivity index (χ1n) is 6.83. The van der Waals surface area contributed by atoms with Crippen molar-refractivity contribution in [2.45, 2.75) is 30.7 Å². The first-order valence-corrected chi connectivity index (χ1v) is 8.27. The monoisotopic (exact) mass is 313 g/mol. The van der Waals surface area contributed by atoms with Crippen LogP contribution in [0.2, 0.25) is 0 Å². The summed E-state index contributed by atoms with van der Waals surface area (Å²) in [5.74, 6) is 0.0799. The summed E-state index contributed by atoms with van der Waals surface area (Å²) in [5.41, 5.74) is 5.47. The average Bonchev–Trinajstić information content (AvgIpc) is 2.47. The van der Waals surface area contributed by atoms with E-state index >= 15 is 0 Å². The van der Waals surface area contributed by atoms with Crippen molar-refractivity contribution in [3.05, 3.63) is 34.4 Å². The molecular formula is C13H19N3O4S. The predicted molar refractivity (Wildman–Crippen MR) is 78.2 cm³/mol. The van der Waals surface area contributed by atoms with E-state index in [1.165, 1.54) is 28.6 Å². The van der Waals surface area contributed by atoms with Crippen molar-refractivity contribution in [1.82, 2.24) is 4.31 Å². The van der Waals surface area contributed by atoms with Crippen LogP contribution in [0.25, 0.3) is 0 Å². The Balaban J connectivity index is 2.36. The van der Waals surface area contributed by atoms with Crippen LogP contribution in [0.3, 0.4) is 0 Å². The number of rotatable bonds is 4. The van der Waals surface area contributed by atoms with Crippen LogP contribution in [0.4, 0.5) is 5.69 Å². The summed E-state index contributed by atoms with van der Waals surface area (Å²) in [6.45, 7) is 2.54. The molecule has 1 heterocycles. The van der Waals surface area contributed by atoms with Crippen molar-refractivity contribution < 1.29 is 13.3 Å². The van der Waals surface area contributed by atoms with E-state index in [-0.39, 0.29) is 22.5 Å². The summed E-state index contributed by atoms with van der Waals surface area (Å²) < 4.78 is 26.6. The number of para-hydroxylation sites is 1. The van der Waals surface area contributed by atoms with Crippen LogP contribution >= 0.6 is 0 Å². The van der Waals surface area contributed by atoms with E-state index in [0.717, 1.165) is 6.42 Å². The van der Waals surface area contributed by atoms with Gasteiger partial charge in [-0.3, -0.25) is 10.1 Å².